The first-order chi connectivity index (χ1) is 12.1. The number of halogens is 1. The fraction of sp³-hybridized carbons (Fsp3) is 0.412. The lowest BCUT2D eigenvalue weighted by Crippen LogP contribution is -2.26. The number of nitrogens with zero attached hydrogens (tertiary/aromatic N) is 4. The predicted molar refractivity (Wildman–Crippen MR) is 95.6 cm³/mol. The molecule has 0 atom stereocenters. The molecule has 8 heteroatoms. The minimum atomic E-state index is -0.474. The summed E-state index contributed by atoms with van der Waals surface area (Å²) in [5.74, 6) is 0.717. The third kappa shape index (κ3) is 3.99. The van der Waals surface area contributed by atoms with Crippen LogP contribution >= 0.6 is 11.6 Å². The van der Waals surface area contributed by atoms with Crippen molar-refractivity contribution >= 4 is 23.1 Å². The van der Waals surface area contributed by atoms with E-state index in [4.69, 9.17) is 16.3 Å². The predicted octanol–water partition coefficient (Wildman–Crippen LogP) is 4.52. The van der Waals surface area contributed by atoms with Crippen LogP contribution in [0.15, 0.2) is 24.5 Å². The van der Waals surface area contributed by atoms with Gasteiger partial charge in [0.25, 0.3) is 0 Å². The number of hydrogen-bond donors (Lipinski definition) is 0. The fourth-order valence-corrected chi connectivity index (χ4v) is 3.01. The zero-order valence-electron chi connectivity index (χ0n) is 13.9. The average Bonchev–Trinajstić information content (AvgIpc) is 2.87. The second-order valence-corrected chi connectivity index (χ2v) is 6.43. The molecule has 2 aromatic rings. The molecule has 1 aromatic carbocycles. The Morgan fingerprint density at radius 3 is 2.56 bits per heavy atom. The van der Waals surface area contributed by atoms with Gasteiger partial charge in [0.1, 0.15) is 12.1 Å². The Labute approximate surface area is 150 Å². The van der Waals surface area contributed by atoms with Crippen LogP contribution in [-0.4, -0.2) is 28.0 Å². The van der Waals surface area contributed by atoms with E-state index in [1.807, 2.05) is 11.8 Å². The summed E-state index contributed by atoms with van der Waals surface area (Å²) in [4.78, 5) is 21.3. The standard InChI is InChI=1S/C17H19ClN4O3/c1-12-10-13(6-7-14(12)18)25-17-15(22(23)24)16(19-11-20-17)21-8-4-2-3-5-9-21/h6-7,10-11H,2-5,8-9H2,1H3. The second-order valence-electron chi connectivity index (χ2n) is 6.02. The molecule has 25 heavy (non-hydrogen) atoms. The van der Waals surface area contributed by atoms with Crippen LogP contribution in [0.2, 0.25) is 5.02 Å². The first-order valence-corrected chi connectivity index (χ1v) is 8.62. The van der Waals surface area contributed by atoms with Gasteiger partial charge in [0, 0.05) is 18.1 Å². The van der Waals surface area contributed by atoms with Gasteiger partial charge in [0.05, 0.1) is 4.92 Å². The number of aromatic nitrogens is 2. The maximum Gasteiger partial charge on any atom is 0.373 e. The van der Waals surface area contributed by atoms with E-state index in [0.717, 1.165) is 44.3 Å². The van der Waals surface area contributed by atoms with Crippen LogP contribution in [0.4, 0.5) is 11.5 Å². The molecule has 1 saturated heterocycles. The van der Waals surface area contributed by atoms with Crippen LogP contribution in [-0.2, 0) is 0 Å². The lowest BCUT2D eigenvalue weighted by molar-refractivity contribution is -0.385. The third-order valence-corrected chi connectivity index (χ3v) is 4.63. The van der Waals surface area contributed by atoms with Crippen LogP contribution < -0.4 is 9.64 Å². The minimum Gasteiger partial charge on any atom is -0.434 e. The molecular weight excluding hydrogens is 344 g/mol. The van der Waals surface area contributed by atoms with Crippen molar-refractivity contribution in [3.8, 4) is 11.6 Å². The summed E-state index contributed by atoms with van der Waals surface area (Å²) in [6.45, 7) is 3.33. The summed E-state index contributed by atoms with van der Waals surface area (Å²) in [6.07, 6.45) is 5.55. The van der Waals surface area contributed by atoms with E-state index >= 15 is 0 Å². The molecule has 1 aromatic heterocycles. The van der Waals surface area contributed by atoms with E-state index in [1.54, 1.807) is 18.2 Å². The molecule has 0 unspecified atom stereocenters. The van der Waals surface area contributed by atoms with Crippen LogP contribution in [0.3, 0.4) is 0 Å². The monoisotopic (exact) mass is 362 g/mol. The molecule has 132 valence electrons. The zero-order chi connectivity index (χ0) is 17.8. The Kier molecular flexibility index (Phi) is 5.33. The van der Waals surface area contributed by atoms with Crippen LogP contribution in [0.5, 0.6) is 11.6 Å². The van der Waals surface area contributed by atoms with Gasteiger partial charge >= 0.3 is 11.6 Å². The molecule has 2 heterocycles. The van der Waals surface area contributed by atoms with Gasteiger partial charge in [0.2, 0.25) is 5.82 Å². The van der Waals surface area contributed by atoms with Crippen molar-refractivity contribution in [2.24, 2.45) is 0 Å². The highest BCUT2D eigenvalue weighted by Gasteiger charge is 2.29. The summed E-state index contributed by atoms with van der Waals surface area (Å²) >= 11 is 6.01. The van der Waals surface area contributed by atoms with Gasteiger partial charge in [-0.05, 0) is 43.5 Å². The van der Waals surface area contributed by atoms with E-state index in [-0.39, 0.29) is 11.6 Å². The van der Waals surface area contributed by atoms with Crippen molar-refractivity contribution in [1.82, 2.24) is 9.97 Å². The highest BCUT2D eigenvalue weighted by molar-refractivity contribution is 6.31. The van der Waals surface area contributed by atoms with Crippen LogP contribution in [0, 0.1) is 17.0 Å². The highest BCUT2D eigenvalue weighted by Crippen LogP contribution is 2.37. The Morgan fingerprint density at radius 2 is 1.92 bits per heavy atom. The molecule has 0 saturated carbocycles. The molecular formula is C17H19ClN4O3. The SMILES string of the molecule is Cc1cc(Oc2ncnc(N3CCCCCC3)c2[N+](=O)[O-])ccc1Cl. The van der Waals surface area contributed by atoms with E-state index in [2.05, 4.69) is 9.97 Å². The number of anilines is 1. The molecule has 1 aliphatic rings. The minimum absolute atomic E-state index is 0.0547. The van der Waals surface area contributed by atoms with Crippen molar-refractivity contribution in [2.45, 2.75) is 32.6 Å². The number of benzene rings is 1. The normalized spacial score (nSPS) is 14.9. The quantitative estimate of drug-likeness (QED) is 0.587. The first-order valence-electron chi connectivity index (χ1n) is 8.24. The molecule has 0 N–H and O–H groups in total. The molecule has 0 amide bonds. The Morgan fingerprint density at radius 1 is 1.20 bits per heavy atom. The lowest BCUT2D eigenvalue weighted by atomic mass is 10.2. The third-order valence-electron chi connectivity index (χ3n) is 4.20. The van der Waals surface area contributed by atoms with Gasteiger partial charge in [-0.1, -0.05) is 24.4 Å². The molecule has 3 rings (SSSR count). The molecule has 0 bridgehead atoms. The van der Waals surface area contributed by atoms with Crippen molar-refractivity contribution < 1.29 is 9.66 Å². The van der Waals surface area contributed by atoms with E-state index in [0.29, 0.717) is 16.6 Å². The molecule has 0 spiro atoms. The summed E-state index contributed by atoms with van der Waals surface area (Å²) in [5.41, 5.74) is 0.626. The Balaban J connectivity index is 1.97. The van der Waals surface area contributed by atoms with Crippen LogP contribution in [0.25, 0.3) is 0 Å². The molecule has 0 aliphatic carbocycles. The highest BCUT2D eigenvalue weighted by atomic mass is 35.5. The average molecular weight is 363 g/mol. The van der Waals surface area contributed by atoms with E-state index < -0.39 is 4.92 Å². The smallest absolute Gasteiger partial charge is 0.373 e. The molecule has 0 radical (unpaired) electrons. The summed E-state index contributed by atoms with van der Waals surface area (Å²) in [5, 5.41) is 12.3. The molecule has 1 aliphatic heterocycles. The number of rotatable bonds is 4. The van der Waals surface area contributed by atoms with Crippen molar-refractivity contribution in [1.29, 1.82) is 0 Å². The number of nitro groups is 1. The summed E-state index contributed by atoms with van der Waals surface area (Å²) < 4.78 is 5.69. The zero-order valence-corrected chi connectivity index (χ0v) is 14.7. The molecule has 7 nitrogen and oxygen atoms in total. The van der Waals surface area contributed by atoms with Crippen LogP contribution in [0.1, 0.15) is 31.2 Å². The van der Waals surface area contributed by atoms with Gasteiger partial charge in [-0.3, -0.25) is 10.1 Å². The first kappa shape index (κ1) is 17.4. The van der Waals surface area contributed by atoms with E-state index in [9.17, 15) is 10.1 Å². The maximum absolute atomic E-state index is 11.7. The van der Waals surface area contributed by atoms with Gasteiger partial charge < -0.3 is 9.64 Å². The summed E-state index contributed by atoms with van der Waals surface area (Å²) in [6, 6.07) is 5.07. The van der Waals surface area contributed by atoms with Crippen molar-refractivity contribution in [3.05, 3.63) is 45.2 Å². The Hall–Kier alpha value is -2.41. The maximum atomic E-state index is 11.7. The lowest BCUT2D eigenvalue weighted by Gasteiger charge is -2.21. The number of hydrogen-bond acceptors (Lipinski definition) is 6. The van der Waals surface area contributed by atoms with Gasteiger partial charge in [-0.25, -0.2) is 4.98 Å². The van der Waals surface area contributed by atoms with Gasteiger partial charge in [-0.2, -0.15) is 4.98 Å². The van der Waals surface area contributed by atoms with E-state index in [1.165, 1.54) is 6.33 Å². The number of ether oxygens (including phenoxy) is 1. The van der Waals surface area contributed by atoms with Gasteiger partial charge in [-0.15, -0.1) is 0 Å². The Bertz CT molecular complexity index is 776. The number of aryl methyl sites for hydroxylation is 1. The largest absolute Gasteiger partial charge is 0.434 e. The second kappa shape index (κ2) is 7.65. The topological polar surface area (TPSA) is 81.4 Å². The van der Waals surface area contributed by atoms with Crippen molar-refractivity contribution in [2.75, 3.05) is 18.0 Å². The summed E-state index contributed by atoms with van der Waals surface area (Å²) in [7, 11) is 0. The molecule has 1 fully saturated rings. The van der Waals surface area contributed by atoms with Gasteiger partial charge in [0.15, 0.2) is 0 Å². The van der Waals surface area contributed by atoms with Crippen molar-refractivity contribution in [3.63, 3.8) is 0 Å². The fourth-order valence-electron chi connectivity index (χ4n) is 2.89.